The van der Waals surface area contributed by atoms with Crippen LogP contribution in [-0.4, -0.2) is 0 Å². The van der Waals surface area contributed by atoms with E-state index in [2.05, 4.69) is 223 Å². The maximum Gasteiger partial charge on any atom is 0.0714 e. The molecule has 0 atom stereocenters. The predicted molar refractivity (Wildman–Crippen MR) is 253 cm³/mol. The molecule has 288 valence electrons. The molecule has 1 saturated carbocycles. The summed E-state index contributed by atoms with van der Waals surface area (Å²) in [6, 6.07) is 81.5. The zero-order valence-corrected chi connectivity index (χ0v) is 33.8. The second-order valence-electron chi connectivity index (χ2n) is 16.6. The summed E-state index contributed by atoms with van der Waals surface area (Å²) in [7, 11) is 0. The molecule has 2 aliphatic rings. The minimum absolute atomic E-state index is 0.524. The summed E-state index contributed by atoms with van der Waals surface area (Å²) in [5.74, 6) is 0.559. The molecule has 0 radical (unpaired) electrons. The number of para-hydroxylation sites is 1. The Balaban J connectivity index is 1.25. The van der Waals surface area contributed by atoms with Crippen LogP contribution < -0.4 is 4.90 Å². The normalized spacial score (nSPS) is 14.4. The Bertz CT molecular complexity index is 2910. The third-order valence-corrected chi connectivity index (χ3v) is 13.3. The van der Waals surface area contributed by atoms with Gasteiger partial charge in [0.05, 0.1) is 16.8 Å². The van der Waals surface area contributed by atoms with E-state index in [4.69, 9.17) is 0 Å². The Labute approximate surface area is 354 Å². The first kappa shape index (κ1) is 36.1. The molecule has 0 heterocycles. The molecule has 2 aliphatic carbocycles. The molecule has 1 nitrogen and oxygen atoms in total. The third-order valence-electron chi connectivity index (χ3n) is 13.3. The fourth-order valence-corrected chi connectivity index (χ4v) is 10.7. The number of anilines is 3. The molecule has 0 amide bonds. The molecule has 11 rings (SSSR count). The number of hydrogen-bond donors (Lipinski definition) is 0. The van der Waals surface area contributed by atoms with Crippen LogP contribution in [-0.2, 0) is 5.41 Å². The maximum absolute atomic E-state index is 2.55. The molecule has 1 heteroatoms. The molecule has 0 spiro atoms. The lowest BCUT2D eigenvalue weighted by Gasteiger charge is -2.35. The molecule has 1 fully saturated rings. The van der Waals surface area contributed by atoms with Crippen LogP contribution >= 0.6 is 0 Å². The molecule has 0 aliphatic heterocycles. The van der Waals surface area contributed by atoms with Crippen molar-refractivity contribution in [1.82, 2.24) is 0 Å². The molecule has 0 N–H and O–H groups in total. The molecular weight excluding hydrogens is 723 g/mol. The van der Waals surface area contributed by atoms with E-state index in [1.807, 2.05) is 0 Å². The minimum atomic E-state index is -0.524. The van der Waals surface area contributed by atoms with Crippen LogP contribution in [0.15, 0.2) is 218 Å². The first-order chi connectivity index (χ1) is 29.8. The lowest BCUT2D eigenvalue weighted by atomic mass is 9.67. The average molecular weight is 770 g/mol. The highest BCUT2D eigenvalue weighted by Gasteiger charge is 2.47. The summed E-state index contributed by atoms with van der Waals surface area (Å²) in [5, 5.41) is 2.46. The van der Waals surface area contributed by atoms with Crippen molar-refractivity contribution in [3.05, 3.63) is 246 Å². The first-order valence-electron chi connectivity index (χ1n) is 21.7. The number of nitrogens with zero attached hydrogens (tertiary/aromatic N) is 1. The van der Waals surface area contributed by atoms with Crippen molar-refractivity contribution in [2.24, 2.45) is 0 Å². The molecule has 9 aromatic rings. The summed E-state index contributed by atoms with van der Waals surface area (Å²) in [5.41, 5.74) is 17.3. The smallest absolute Gasteiger partial charge is 0.0714 e. The van der Waals surface area contributed by atoms with Gasteiger partial charge in [0.1, 0.15) is 0 Å². The van der Waals surface area contributed by atoms with E-state index in [0.717, 1.165) is 17.1 Å². The second-order valence-corrected chi connectivity index (χ2v) is 16.6. The molecule has 0 saturated heterocycles. The van der Waals surface area contributed by atoms with E-state index in [1.54, 1.807) is 0 Å². The highest BCUT2D eigenvalue weighted by molar-refractivity contribution is 6.06. The molecule has 0 bridgehead atoms. The van der Waals surface area contributed by atoms with Gasteiger partial charge in [0.15, 0.2) is 0 Å². The number of benzene rings is 9. The van der Waals surface area contributed by atoms with Gasteiger partial charge >= 0.3 is 0 Å². The lowest BCUT2D eigenvalue weighted by molar-refractivity contribution is 0.444. The van der Waals surface area contributed by atoms with Gasteiger partial charge in [0.2, 0.25) is 0 Å². The van der Waals surface area contributed by atoms with Gasteiger partial charge in [-0.15, -0.1) is 0 Å². The molecule has 0 unspecified atom stereocenters. The van der Waals surface area contributed by atoms with Gasteiger partial charge in [-0.3, -0.25) is 0 Å². The molecule has 9 aromatic carbocycles. The van der Waals surface area contributed by atoms with Crippen LogP contribution in [0.25, 0.3) is 44.2 Å². The van der Waals surface area contributed by atoms with E-state index in [0.29, 0.717) is 5.92 Å². The SMILES string of the molecule is c1ccc(-c2ccccc2N(c2ccc3c(c2)C(c2ccccc2)(c2ccccc2)c2cccc(C4CCCCC4)c2-3)c2ccc3ccccc3c2-c2ccccc2)cc1. The fraction of sp³-hybridized carbons (Fsp3) is 0.119. The predicted octanol–water partition coefficient (Wildman–Crippen LogP) is 16.1. The van der Waals surface area contributed by atoms with E-state index < -0.39 is 5.41 Å². The Morgan fingerprint density at radius 2 is 1.02 bits per heavy atom. The van der Waals surface area contributed by atoms with E-state index in [1.165, 1.54) is 104 Å². The zero-order valence-electron chi connectivity index (χ0n) is 33.8. The van der Waals surface area contributed by atoms with Crippen molar-refractivity contribution in [3.63, 3.8) is 0 Å². The van der Waals surface area contributed by atoms with Gasteiger partial charge in [0, 0.05) is 16.8 Å². The quantitative estimate of drug-likeness (QED) is 0.149. The summed E-state index contributed by atoms with van der Waals surface area (Å²) in [6.07, 6.45) is 6.44. The maximum atomic E-state index is 2.55. The summed E-state index contributed by atoms with van der Waals surface area (Å²) in [4.78, 5) is 2.54. The monoisotopic (exact) mass is 769 g/mol. The minimum Gasteiger partial charge on any atom is -0.309 e. The Hall–Kier alpha value is -6.96. The van der Waals surface area contributed by atoms with Crippen molar-refractivity contribution in [3.8, 4) is 33.4 Å². The van der Waals surface area contributed by atoms with E-state index in [9.17, 15) is 0 Å². The van der Waals surface area contributed by atoms with Crippen molar-refractivity contribution in [2.75, 3.05) is 4.90 Å². The average Bonchev–Trinajstić information content (AvgIpc) is 3.64. The third kappa shape index (κ3) is 5.91. The van der Waals surface area contributed by atoms with Gasteiger partial charge in [-0.1, -0.05) is 213 Å². The van der Waals surface area contributed by atoms with Crippen LogP contribution in [0.3, 0.4) is 0 Å². The summed E-state index contributed by atoms with van der Waals surface area (Å²) < 4.78 is 0. The Morgan fingerprint density at radius 3 is 1.73 bits per heavy atom. The number of rotatable bonds is 8. The molecular formula is C59H47N. The highest BCUT2D eigenvalue weighted by Crippen LogP contribution is 2.60. The zero-order chi connectivity index (χ0) is 39.9. The molecule has 0 aromatic heterocycles. The van der Waals surface area contributed by atoms with Crippen molar-refractivity contribution < 1.29 is 0 Å². The lowest BCUT2D eigenvalue weighted by Crippen LogP contribution is -2.29. The van der Waals surface area contributed by atoms with Crippen LogP contribution in [0.2, 0.25) is 0 Å². The van der Waals surface area contributed by atoms with Crippen LogP contribution in [0.4, 0.5) is 17.1 Å². The standard InChI is InChI=1S/C59H47N/c1-6-21-42(22-7-1)49-32-18-19-36-55(49)60(56-40-37-44-25-16-17-33-50(44)57(56)45-26-10-3-11-27-45)48-38-39-52-54(41-48)59(46-28-12-4-13-29-46,47-30-14-5-15-31-47)53-35-20-34-51(58(52)53)43-23-8-2-9-24-43/h1,3-7,10-22,25-41,43H,2,8-9,23-24H2. The van der Waals surface area contributed by atoms with Crippen molar-refractivity contribution in [2.45, 2.75) is 43.4 Å². The van der Waals surface area contributed by atoms with E-state index in [-0.39, 0.29) is 0 Å². The van der Waals surface area contributed by atoms with Crippen LogP contribution in [0.5, 0.6) is 0 Å². The fourth-order valence-electron chi connectivity index (χ4n) is 10.7. The van der Waals surface area contributed by atoms with Gasteiger partial charge in [-0.25, -0.2) is 0 Å². The van der Waals surface area contributed by atoms with Gasteiger partial charge in [0.25, 0.3) is 0 Å². The molecule has 60 heavy (non-hydrogen) atoms. The van der Waals surface area contributed by atoms with E-state index >= 15 is 0 Å². The largest absolute Gasteiger partial charge is 0.309 e. The van der Waals surface area contributed by atoms with Crippen molar-refractivity contribution in [1.29, 1.82) is 0 Å². The summed E-state index contributed by atoms with van der Waals surface area (Å²) >= 11 is 0. The number of fused-ring (bicyclic) bond motifs is 4. The van der Waals surface area contributed by atoms with Crippen LogP contribution in [0, 0.1) is 0 Å². The highest BCUT2D eigenvalue weighted by atomic mass is 15.1. The Kier molecular flexibility index (Phi) is 9.23. The van der Waals surface area contributed by atoms with Crippen LogP contribution in [0.1, 0.15) is 65.8 Å². The Morgan fingerprint density at radius 1 is 0.400 bits per heavy atom. The second kappa shape index (κ2) is 15.3. The van der Waals surface area contributed by atoms with Gasteiger partial charge in [-0.05, 0) is 104 Å². The summed E-state index contributed by atoms with van der Waals surface area (Å²) in [6.45, 7) is 0. The number of hydrogen-bond acceptors (Lipinski definition) is 1. The van der Waals surface area contributed by atoms with Crippen molar-refractivity contribution >= 4 is 27.8 Å². The van der Waals surface area contributed by atoms with Gasteiger partial charge < -0.3 is 4.90 Å². The van der Waals surface area contributed by atoms with Gasteiger partial charge in [-0.2, -0.15) is 0 Å². The first-order valence-corrected chi connectivity index (χ1v) is 21.7. The topological polar surface area (TPSA) is 3.24 Å².